The second-order valence-corrected chi connectivity index (χ2v) is 6.79. The summed E-state index contributed by atoms with van der Waals surface area (Å²) in [5.74, 6) is 0.379. The average Bonchev–Trinajstić information content (AvgIpc) is 2.95. The summed E-state index contributed by atoms with van der Waals surface area (Å²) in [7, 11) is 1.79. The van der Waals surface area contributed by atoms with Gasteiger partial charge in [-0.05, 0) is 31.7 Å². The Morgan fingerprint density at radius 1 is 1.14 bits per heavy atom. The third kappa shape index (κ3) is 1.31. The minimum Gasteiger partial charge on any atom is -0.329 e. The predicted octanol–water partition coefficient (Wildman–Crippen LogP) is 1.77. The number of nitrogens with zero attached hydrogens (tertiary/aromatic N) is 2. The van der Waals surface area contributed by atoms with Gasteiger partial charge in [-0.2, -0.15) is 0 Å². The first kappa shape index (κ1) is 12.9. The summed E-state index contributed by atoms with van der Waals surface area (Å²) in [5.41, 5.74) is -0.140. The molecule has 1 spiro atoms. The van der Waals surface area contributed by atoms with Crippen molar-refractivity contribution in [3.05, 3.63) is 35.9 Å². The van der Waals surface area contributed by atoms with E-state index >= 15 is 0 Å². The van der Waals surface area contributed by atoms with Crippen LogP contribution in [0.3, 0.4) is 0 Å². The molecule has 4 heterocycles. The van der Waals surface area contributed by atoms with Gasteiger partial charge in [0.1, 0.15) is 11.1 Å². The Morgan fingerprint density at radius 2 is 1.86 bits per heavy atom. The molecule has 110 valence electrons. The highest BCUT2D eigenvalue weighted by Gasteiger charge is 2.70. The molecule has 2 amide bonds. The van der Waals surface area contributed by atoms with Crippen LogP contribution in [0.4, 0.5) is 0 Å². The Morgan fingerprint density at radius 3 is 2.57 bits per heavy atom. The zero-order valence-corrected chi connectivity index (χ0v) is 12.5. The zero-order valence-electron chi connectivity index (χ0n) is 12.5. The SMILES string of the molecule is CN1C(=O)[C@@]23CCCN2C(=O)[C@]1(C)C[C@H]3c1ccccc1. The van der Waals surface area contributed by atoms with Crippen LogP contribution in [0.5, 0.6) is 0 Å². The third-order valence-corrected chi connectivity index (χ3v) is 5.92. The lowest BCUT2D eigenvalue weighted by molar-refractivity contribution is -0.187. The van der Waals surface area contributed by atoms with Gasteiger partial charge in [0.2, 0.25) is 11.8 Å². The van der Waals surface area contributed by atoms with Crippen LogP contribution in [0.2, 0.25) is 0 Å². The van der Waals surface area contributed by atoms with Crippen LogP contribution in [0.25, 0.3) is 0 Å². The number of benzene rings is 1. The first-order valence-corrected chi connectivity index (χ1v) is 7.67. The standard InChI is InChI=1S/C17H20N2O2/c1-16-11-13(12-7-4-3-5-8-12)17(15(21)18(16)2)9-6-10-19(17)14(16)20/h3-5,7-8,13H,6,9-11H2,1-2H3/t13-,16-,17-/m0/s1. The van der Waals surface area contributed by atoms with Crippen LogP contribution in [0, 0.1) is 0 Å². The Kier molecular flexibility index (Phi) is 2.37. The van der Waals surface area contributed by atoms with Gasteiger partial charge < -0.3 is 9.80 Å². The second kappa shape index (κ2) is 3.87. The van der Waals surface area contributed by atoms with Crippen molar-refractivity contribution in [2.24, 2.45) is 0 Å². The van der Waals surface area contributed by atoms with Crippen molar-refractivity contribution in [1.82, 2.24) is 9.80 Å². The van der Waals surface area contributed by atoms with E-state index in [1.807, 2.05) is 30.0 Å². The number of piperidine rings is 2. The number of carbonyl (C=O) groups is 2. The molecule has 4 aliphatic rings. The number of carbonyl (C=O) groups excluding carboxylic acids is 2. The molecule has 4 heteroatoms. The molecule has 4 nitrogen and oxygen atoms in total. The van der Waals surface area contributed by atoms with Gasteiger partial charge in [-0.25, -0.2) is 0 Å². The summed E-state index contributed by atoms with van der Waals surface area (Å²) in [6.07, 6.45) is 2.44. The summed E-state index contributed by atoms with van der Waals surface area (Å²) in [4.78, 5) is 29.5. The molecule has 0 unspecified atom stereocenters. The lowest BCUT2D eigenvalue weighted by atomic mass is 9.62. The van der Waals surface area contributed by atoms with Gasteiger partial charge in [0, 0.05) is 19.5 Å². The maximum absolute atomic E-state index is 13.1. The van der Waals surface area contributed by atoms with Crippen LogP contribution >= 0.6 is 0 Å². The molecule has 0 N–H and O–H groups in total. The molecule has 4 saturated heterocycles. The summed E-state index contributed by atoms with van der Waals surface area (Å²) in [6, 6.07) is 10.2. The van der Waals surface area contributed by atoms with Crippen molar-refractivity contribution in [3.63, 3.8) is 0 Å². The van der Waals surface area contributed by atoms with Crippen molar-refractivity contribution in [1.29, 1.82) is 0 Å². The fourth-order valence-corrected chi connectivity index (χ4v) is 4.68. The average molecular weight is 284 g/mol. The number of fused-ring (bicyclic) bond motifs is 2. The molecule has 0 saturated carbocycles. The molecule has 1 aromatic carbocycles. The first-order valence-electron chi connectivity index (χ1n) is 7.67. The highest BCUT2D eigenvalue weighted by molar-refractivity contribution is 6.05. The highest BCUT2D eigenvalue weighted by atomic mass is 16.2. The molecule has 4 fully saturated rings. The molecule has 21 heavy (non-hydrogen) atoms. The van der Waals surface area contributed by atoms with Crippen molar-refractivity contribution < 1.29 is 9.59 Å². The van der Waals surface area contributed by atoms with Gasteiger partial charge in [-0.1, -0.05) is 30.3 Å². The topological polar surface area (TPSA) is 40.6 Å². The Hall–Kier alpha value is -1.84. The second-order valence-electron chi connectivity index (χ2n) is 6.79. The maximum atomic E-state index is 13.1. The largest absolute Gasteiger partial charge is 0.329 e. The Balaban J connectivity index is 1.92. The van der Waals surface area contributed by atoms with Crippen molar-refractivity contribution in [2.75, 3.05) is 13.6 Å². The molecular weight excluding hydrogens is 264 g/mol. The number of amides is 2. The molecule has 3 atom stereocenters. The van der Waals surface area contributed by atoms with Crippen LogP contribution in [-0.4, -0.2) is 46.3 Å². The van der Waals surface area contributed by atoms with Gasteiger partial charge in [0.05, 0.1) is 0 Å². The number of likely N-dealkylation sites (N-methyl/N-ethyl adjacent to an activating group) is 1. The van der Waals surface area contributed by atoms with Crippen molar-refractivity contribution >= 4 is 11.8 Å². The van der Waals surface area contributed by atoms with Gasteiger partial charge in [-0.15, -0.1) is 0 Å². The number of rotatable bonds is 1. The van der Waals surface area contributed by atoms with Gasteiger partial charge >= 0.3 is 0 Å². The maximum Gasteiger partial charge on any atom is 0.249 e. The Bertz CT molecular complexity index is 629. The van der Waals surface area contributed by atoms with E-state index in [-0.39, 0.29) is 17.7 Å². The smallest absolute Gasteiger partial charge is 0.249 e. The van der Waals surface area contributed by atoms with Crippen LogP contribution in [-0.2, 0) is 9.59 Å². The van der Waals surface area contributed by atoms with Crippen LogP contribution in [0.1, 0.15) is 37.7 Å². The Labute approximate surface area is 124 Å². The van der Waals surface area contributed by atoms with Crippen LogP contribution in [0.15, 0.2) is 30.3 Å². The number of hydrogen-bond donors (Lipinski definition) is 0. The van der Waals surface area contributed by atoms with Gasteiger partial charge in [0.25, 0.3) is 0 Å². The third-order valence-electron chi connectivity index (χ3n) is 5.92. The molecular formula is C17H20N2O2. The zero-order chi connectivity index (χ0) is 14.8. The fraction of sp³-hybridized carbons (Fsp3) is 0.529. The summed E-state index contributed by atoms with van der Waals surface area (Å²) >= 11 is 0. The van der Waals surface area contributed by atoms with E-state index in [2.05, 4.69) is 12.1 Å². The van der Waals surface area contributed by atoms with Gasteiger partial charge in [0.15, 0.2) is 0 Å². The number of piperazine rings is 1. The first-order chi connectivity index (χ1) is 10.0. The van der Waals surface area contributed by atoms with E-state index in [9.17, 15) is 9.59 Å². The summed E-state index contributed by atoms with van der Waals surface area (Å²) in [6.45, 7) is 2.64. The summed E-state index contributed by atoms with van der Waals surface area (Å²) in [5, 5.41) is 0. The molecule has 4 aliphatic heterocycles. The van der Waals surface area contributed by atoms with E-state index in [0.29, 0.717) is 0 Å². The molecule has 0 radical (unpaired) electrons. The lowest BCUT2D eigenvalue weighted by Crippen LogP contribution is -2.79. The van der Waals surface area contributed by atoms with E-state index in [4.69, 9.17) is 0 Å². The lowest BCUT2D eigenvalue weighted by Gasteiger charge is -2.62. The van der Waals surface area contributed by atoms with Crippen molar-refractivity contribution in [3.8, 4) is 0 Å². The monoisotopic (exact) mass is 284 g/mol. The predicted molar refractivity (Wildman–Crippen MR) is 78.7 cm³/mol. The van der Waals surface area contributed by atoms with E-state index < -0.39 is 11.1 Å². The molecule has 0 aliphatic carbocycles. The summed E-state index contributed by atoms with van der Waals surface area (Å²) < 4.78 is 0. The van der Waals surface area contributed by atoms with E-state index in [0.717, 1.165) is 25.8 Å². The van der Waals surface area contributed by atoms with Gasteiger partial charge in [-0.3, -0.25) is 9.59 Å². The van der Waals surface area contributed by atoms with Crippen molar-refractivity contribution in [2.45, 2.75) is 43.2 Å². The normalized spacial score (nSPS) is 38.1. The van der Waals surface area contributed by atoms with E-state index in [1.165, 1.54) is 5.56 Å². The molecule has 5 rings (SSSR count). The number of hydrogen-bond acceptors (Lipinski definition) is 2. The molecule has 1 aromatic rings. The minimum atomic E-state index is -0.691. The van der Waals surface area contributed by atoms with Crippen LogP contribution < -0.4 is 0 Å². The fourth-order valence-electron chi connectivity index (χ4n) is 4.68. The highest BCUT2D eigenvalue weighted by Crippen LogP contribution is 2.56. The van der Waals surface area contributed by atoms with E-state index in [1.54, 1.807) is 11.9 Å². The molecule has 2 bridgehead atoms. The molecule has 0 aromatic heterocycles. The minimum absolute atomic E-state index is 0.118. The quantitative estimate of drug-likeness (QED) is 0.788.